The number of nitrogens with zero attached hydrogens (tertiary/aromatic N) is 6. The van der Waals surface area contributed by atoms with Crippen LogP contribution >= 0.6 is 11.6 Å². The molecule has 102 heavy (non-hydrogen) atoms. The molecule has 3 aromatic carbocycles. The molecule has 3 fully saturated rings. The molecule has 9 N–H and O–H groups in total. The van der Waals surface area contributed by atoms with Crippen LogP contribution in [0.5, 0.6) is 17.2 Å². The quantitative estimate of drug-likeness (QED) is 0.0597. The molecular formula is C69H72ClF5N12O15. The molecule has 9 atom stereocenters. The Morgan fingerprint density at radius 3 is 1.20 bits per heavy atom. The minimum absolute atomic E-state index is 0.0380. The molecule has 6 aromatic rings. The molecule has 9 aliphatic rings. The van der Waals surface area contributed by atoms with Crippen molar-refractivity contribution in [2.24, 2.45) is 0 Å². The van der Waals surface area contributed by atoms with Crippen LogP contribution in [0.2, 0.25) is 5.02 Å². The SMILES string of the molecule is CCNC1CC2C3OCCCN3C(=O)c3c(O)c(=O)c(C(=O)NCc4ccc(F)cc4F)c1n32.CCNC1CC2C3OCCCN3C(=O)c3c(O)c(=O)c(C(=O)NCc4cccc(Cl)c4F)c1n32.CCNC1CC2C3OCCCN3C(=O)c3c(O)c(=O)c(C(=O)NCc4cccc(F)c4F)c1n32. The van der Waals surface area contributed by atoms with Crippen LogP contribution in [-0.4, -0.2) is 157 Å². The molecule has 9 unspecified atom stereocenters. The number of carbonyl (C=O) groups is 6. The largest absolute Gasteiger partial charge is 0.503 e. The smallest absolute Gasteiger partial charge is 0.276 e. The van der Waals surface area contributed by atoms with E-state index in [1.54, 1.807) is 24.7 Å². The van der Waals surface area contributed by atoms with Crippen LogP contribution in [0.1, 0.15) is 192 Å². The second-order valence-electron chi connectivity index (χ2n) is 25.8. The highest BCUT2D eigenvalue weighted by molar-refractivity contribution is 6.30. The highest BCUT2D eigenvalue weighted by Gasteiger charge is 2.54. The van der Waals surface area contributed by atoms with E-state index in [1.165, 1.54) is 40.1 Å². The van der Waals surface area contributed by atoms with Gasteiger partial charge in [-0.1, -0.05) is 62.7 Å². The predicted octanol–water partition coefficient (Wildman–Crippen LogP) is 5.19. The molecule has 0 aliphatic carbocycles. The Bertz CT molecular complexity index is 4460. The summed E-state index contributed by atoms with van der Waals surface area (Å²) >= 11 is 5.82. The van der Waals surface area contributed by atoms with Gasteiger partial charge in [0.15, 0.2) is 64.6 Å². The molecule has 6 amide bonds. The lowest BCUT2D eigenvalue weighted by atomic mass is 10.0. The third-order valence-electron chi connectivity index (χ3n) is 19.9. The molecular weight excluding hydrogens is 1370 g/mol. The predicted molar refractivity (Wildman–Crippen MR) is 351 cm³/mol. The van der Waals surface area contributed by atoms with E-state index in [1.807, 2.05) is 20.8 Å². The molecule has 12 heterocycles. The van der Waals surface area contributed by atoms with Gasteiger partial charge in [0.1, 0.15) is 34.1 Å². The lowest BCUT2D eigenvalue weighted by molar-refractivity contribution is -0.110. The van der Waals surface area contributed by atoms with Crippen LogP contribution in [0.15, 0.2) is 69.0 Å². The van der Waals surface area contributed by atoms with E-state index in [9.17, 15) is 80.4 Å². The number of ether oxygens (including phenoxy) is 3. The molecule has 27 nitrogen and oxygen atoms in total. The topological polar surface area (TPSA) is 339 Å². The van der Waals surface area contributed by atoms with Crippen LogP contribution in [0.4, 0.5) is 22.0 Å². The van der Waals surface area contributed by atoms with Crippen molar-refractivity contribution in [1.29, 1.82) is 0 Å². The highest BCUT2D eigenvalue weighted by Crippen LogP contribution is 2.49. The number of halogens is 6. The van der Waals surface area contributed by atoms with Crippen LogP contribution in [0, 0.1) is 29.1 Å². The lowest BCUT2D eigenvalue weighted by Crippen LogP contribution is -2.55. The standard InChI is InChI=1S/C23H24ClFN4O5.2C23H24F2N4O5/c1-2-26-13-9-14-23-28(7-4-8-34-23)22(33)18-20(31)19(30)15(17(13)29(14)18)21(32)27-10-11-5-3-6-12(24)16(11)25;1-2-26-14-9-15-23-28(6-3-7-34-23)22(33)18-20(31)19(30)16(17(14)29(15)18)21(32)27-10-11-4-5-12(24)8-13(11)25;1-2-26-13-9-14-23-28(7-4-8-34-23)22(33)18-20(31)19(30)15(17(13)29(14)18)21(32)27-10-11-5-3-6-12(24)16(11)25/h3,5-6,13-14,23,26,31H,2,4,7-10H2,1H3,(H,27,32);4-5,8,14-15,23,26,31H,2-3,6-7,9-10H2,1H3,(H,27,32);3,5-6,13-14,23,26,31H,2,4,7-10H2,1H3,(H,27,32). The minimum atomic E-state index is -1.09. The number of aromatic nitrogens is 3. The Kier molecular flexibility index (Phi) is 19.9. The summed E-state index contributed by atoms with van der Waals surface area (Å²) in [4.78, 5) is 123. The number of fused-ring (bicyclic) bond motifs is 6. The van der Waals surface area contributed by atoms with E-state index in [-0.39, 0.29) is 92.9 Å². The Labute approximate surface area is 582 Å². The first kappa shape index (κ1) is 70.8. The number of carbonyl (C=O) groups excluding carboxylic acids is 6. The van der Waals surface area contributed by atoms with Crippen molar-refractivity contribution in [2.45, 2.75) is 134 Å². The average molecular weight is 1440 g/mol. The Morgan fingerprint density at radius 2 is 0.833 bits per heavy atom. The lowest BCUT2D eigenvalue weighted by Gasteiger charge is -2.44. The molecule has 3 aromatic heterocycles. The van der Waals surface area contributed by atoms with Crippen LogP contribution in [-0.2, 0) is 33.8 Å². The first-order chi connectivity index (χ1) is 49.0. The van der Waals surface area contributed by atoms with Gasteiger partial charge in [-0.05, 0) is 76.4 Å². The molecule has 15 rings (SSSR count). The Balaban J connectivity index is 0.000000137. The van der Waals surface area contributed by atoms with E-state index in [0.717, 1.165) is 12.1 Å². The Hall–Kier alpha value is -9.57. The maximum Gasteiger partial charge on any atom is 0.276 e. The number of rotatable bonds is 15. The first-order valence-electron chi connectivity index (χ1n) is 33.7. The summed E-state index contributed by atoms with van der Waals surface area (Å²) in [6, 6.07) is 8.53. The number of hydrogen-bond donors (Lipinski definition) is 9. The van der Waals surface area contributed by atoms with Crippen molar-refractivity contribution in [3.8, 4) is 17.2 Å². The molecule has 0 radical (unpaired) electrons. The van der Waals surface area contributed by atoms with Gasteiger partial charge >= 0.3 is 0 Å². The zero-order valence-corrected chi connectivity index (χ0v) is 56.1. The molecule has 3 saturated heterocycles. The fourth-order valence-corrected chi connectivity index (χ4v) is 15.8. The van der Waals surface area contributed by atoms with Crippen LogP contribution < -0.4 is 48.2 Å². The summed E-state index contributed by atoms with van der Waals surface area (Å²) in [5, 5.41) is 49.5. The van der Waals surface area contributed by atoms with E-state index in [0.29, 0.717) is 115 Å². The van der Waals surface area contributed by atoms with E-state index >= 15 is 0 Å². The molecule has 33 heteroatoms. The summed E-state index contributed by atoms with van der Waals surface area (Å²) in [5.41, 5.74) is -3.20. The molecule has 0 bridgehead atoms. The number of benzene rings is 3. The van der Waals surface area contributed by atoms with Crippen molar-refractivity contribution in [1.82, 2.24) is 60.3 Å². The number of amides is 6. The second kappa shape index (κ2) is 28.7. The zero-order valence-electron chi connectivity index (χ0n) is 55.3. The van der Waals surface area contributed by atoms with Gasteiger partial charge in [-0.15, -0.1) is 0 Å². The monoisotopic (exact) mass is 1440 g/mol. The van der Waals surface area contributed by atoms with Crippen LogP contribution in [0.25, 0.3) is 0 Å². The van der Waals surface area contributed by atoms with Gasteiger partial charge in [0.2, 0.25) is 16.3 Å². The molecule has 0 saturated carbocycles. The summed E-state index contributed by atoms with van der Waals surface area (Å²) in [6.07, 6.45) is 1.62. The summed E-state index contributed by atoms with van der Waals surface area (Å²) in [5.74, 6) is -10.7. The Morgan fingerprint density at radius 1 is 0.480 bits per heavy atom. The van der Waals surface area contributed by atoms with Crippen molar-refractivity contribution < 1.29 is 80.2 Å². The van der Waals surface area contributed by atoms with E-state index in [2.05, 4.69) is 31.9 Å². The van der Waals surface area contributed by atoms with Crippen molar-refractivity contribution in [3.63, 3.8) is 0 Å². The number of nitrogens with one attached hydrogen (secondary N) is 6. The summed E-state index contributed by atoms with van der Waals surface area (Å²) < 4.78 is 91.5. The second-order valence-corrected chi connectivity index (χ2v) is 26.2. The van der Waals surface area contributed by atoms with E-state index in [4.69, 9.17) is 25.8 Å². The molecule has 540 valence electrons. The summed E-state index contributed by atoms with van der Waals surface area (Å²) in [6.45, 7) is 9.19. The first-order valence-corrected chi connectivity index (χ1v) is 34.1. The van der Waals surface area contributed by atoms with Gasteiger partial charge in [-0.3, -0.25) is 43.2 Å². The van der Waals surface area contributed by atoms with Gasteiger partial charge in [0.05, 0.1) is 78.2 Å². The zero-order chi connectivity index (χ0) is 72.4. The summed E-state index contributed by atoms with van der Waals surface area (Å²) in [7, 11) is 0. The van der Waals surface area contributed by atoms with Gasteiger partial charge < -0.3 is 89.8 Å². The van der Waals surface area contributed by atoms with Crippen LogP contribution in [0.3, 0.4) is 0 Å². The van der Waals surface area contributed by atoms with E-state index < -0.39 is 141 Å². The minimum Gasteiger partial charge on any atom is -0.503 e. The average Bonchev–Trinajstić information content (AvgIpc) is 1.48. The third kappa shape index (κ3) is 12.1. The maximum atomic E-state index is 14.3. The number of pyridine rings is 3. The molecule has 9 aliphatic heterocycles. The van der Waals surface area contributed by atoms with Gasteiger partial charge in [0.25, 0.3) is 35.4 Å². The van der Waals surface area contributed by atoms with Crippen molar-refractivity contribution in [3.05, 3.63) is 187 Å². The fraction of sp³-hybridized carbons (Fsp3) is 0.435. The van der Waals surface area contributed by atoms with Gasteiger partial charge in [-0.2, -0.15) is 0 Å². The van der Waals surface area contributed by atoms with Gasteiger partial charge in [0, 0.05) is 62.0 Å². The van der Waals surface area contributed by atoms with Crippen molar-refractivity contribution in [2.75, 3.05) is 59.1 Å². The van der Waals surface area contributed by atoms with Crippen molar-refractivity contribution >= 4 is 47.0 Å². The van der Waals surface area contributed by atoms with Gasteiger partial charge in [-0.25, -0.2) is 22.0 Å². The normalized spacial score (nSPS) is 23.0. The number of hydrogen-bond acceptors (Lipinski definition) is 18. The number of aromatic hydroxyl groups is 3. The third-order valence-corrected chi connectivity index (χ3v) is 20.2. The molecule has 0 spiro atoms. The fourth-order valence-electron chi connectivity index (χ4n) is 15.6. The maximum absolute atomic E-state index is 14.3. The highest BCUT2D eigenvalue weighted by atomic mass is 35.5.